The Hall–Kier alpha value is -3.11. The molecule has 0 aliphatic carbocycles. The number of nitrogens with one attached hydrogen (secondary N) is 1. The number of anilines is 1. The van der Waals surface area contributed by atoms with Crippen LogP contribution in [0, 0.1) is 18.3 Å². The van der Waals surface area contributed by atoms with Gasteiger partial charge in [-0.25, -0.2) is 0 Å². The van der Waals surface area contributed by atoms with E-state index in [2.05, 4.69) is 15.5 Å². The van der Waals surface area contributed by atoms with Crippen molar-refractivity contribution in [2.45, 2.75) is 24.3 Å². The number of carbonyl (C=O) groups excluding carboxylic acids is 1. The first-order valence-electron chi connectivity index (χ1n) is 7.93. The first-order valence-corrected chi connectivity index (χ1v) is 8.81. The molecule has 26 heavy (non-hydrogen) atoms. The van der Waals surface area contributed by atoms with Gasteiger partial charge in [-0.2, -0.15) is 5.26 Å². The number of rotatable bonds is 5. The third-order valence-electron chi connectivity index (χ3n) is 3.61. The number of benzene rings is 2. The molecule has 3 aromatic rings. The zero-order valence-electron chi connectivity index (χ0n) is 14.3. The average molecular weight is 364 g/mol. The standard InChI is InChI=1S/C19H16N4O2S/c1-12-6-8-15(9-7-12)18-22-23-19(25-18)26-13(2)17(24)21-16-5-3-4-14(10-16)11-20/h3-10,13H,1-2H3,(H,21,24)/t13-/m1/s1. The molecule has 1 heterocycles. The zero-order chi connectivity index (χ0) is 18.5. The average Bonchev–Trinajstić information content (AvgIpc) is 3.11. The fourth-order valence-corrected chi connectivity index (χ4v) is 2.87. The minimum Gasteiger partial charge on any atom is -0.411 e. The molecule has 0 bridgehead atoms. The van der Waals surface area contributed by atoms with Gasteiger partial charge >= 0.3 is 0 Å². The van der Waals surface area contributed by atoms with E-state index in [1.54, 1.807) is 31.2 Å². The van der Waals surface area contributed by atoms with Crippen molar-refractivity contribution in [1.29, 1.82) is 5.26 Å². The van der Waals surface area contributed by atoms with Crippen LogP contribution in [-0.2, 0) is 4.79 Å². The SMILES string of the molecule is Cc1ccc(-c2nnc(S[C@H](C)C(=O)Nc3cccc(C#N)c3)o2)cc1. The molecule has 0 fully saturated rings. The van der Waals surface area contributed by atoms with Gasteiger partial charge in [0.25, 0.3) is 5.22 Å². The van der Waals surface area contributed by atoms with Crippen LogP contribution in [0.3, 0.4) is 0 Å². The van der Waals surface area contributed by atoms with E-state index in [0.29, 0.717) is 22.4 Å². The molecular weight excluding hydrogens is 348 g/mol. The molecule has 0 saturated heterocycles. The van der Waals surface area contributed by atoms with Gasteiger partial charge in [0.2, 0.25) is 11.8 Å². The fourth-order valence-electron chi connectivity index (χ4n) is 2.19. The molecule has 0 aliphatic heterocycles. The topological polar surface area (TPSA) is 91.8 Å². The first kappa shape index (κ1) is 17.7. The summed E-state index contributed by atoms with van der Waals surface area (Å²) in [5.74, 6) is 0.210. The summed E-state index contributed by atoms with van der Waals surface area (Å²) in [6, 6.07) is 16.6. The van der Waals surface area contributed by atoms with Crippen LogP contribution in [0.25, 0.3) is 11.5 Å². The lowest BCUT2D eigenvalue weighted by Gasteiger charge is -2.09. The van der Waals surface area contributed by atoms with Gasteiger partial charge in [-0.15, -0.1) is 10.2 Å². The van der Waals surface area contributed by atoms with E-state index in [-0.39, 0.29) is 5.91 Å². The van der Waals surface area contributed by atoms with E-state index in [1.807, 2.05) is 37.3 Å². The molecule has 0 spiro atoms. The van der Waals surface area contributed by atoms with E-state index < -0.39 is 5.25 Å². The Labute approximate surface area is 155 Å². The van der Waals surface area contributed by atoms with Crippen molar-refractivity contribution in [3.8, 4) is 17.5 Å². The second kappa shape index (κ2) is 7.85. The summed E-state index contributed by atoms with van der Waals surface area (Å²) in [6.45, 7) is 3.76. The van der Waals surface area contributed by atoms with E-state index in [1.165, 1.54) is 11.8 Å². The Morgan fingerprint density at radius 3 is 2.73 bits per heavy atom. The molecule has 2 aromatic carbocycles. The lowest BCUT2D eigenvalue weighted by atomic mass is 10.1. The molecule has 0 aliphatic rings. The highest BCUT2D eigenvalue weighted by Gasteiger charge is 2.19. The lowest BCUT2D eigenvalue weighted by molar-refractivity contribution is -0.115. The predicted molar refractivity (Wildman–Crippen MR) is 99.6 cm³/mol. The Bertz CT molecular complexity index is 960. The van der Waals surface area contributed by atoms with Crippen LogP contribution in [0.2, 0.25) is 0 Å². The van der Waals surface area contributed by atoms with E-state index in [4.69, 9.17) is 9.68 Å². The van der Waals surface area contributed by atoms with Gasteiger partial charge in [-0.1, -0.05) is 35.5 Å². The summed E-state index contributed by atoms with van der Waals surface area (Å²) in [5, 5.41) is 19.6. The highest BCUT2D eigenvalue weighted by molar-refractivity contribution is 8.00. The van der Waals surface area contributed by atoms with Crippen molar-refractivity contribution in [3.05, 3.63) is 59.7 Å². The van der Waals surface area contributed by atoms with Crippen molar-refractivity contribution >= 4 is 23.4 Å². The summed E-state index contributed by atoms with van der Waals surface area (Å²) in [5.41, 5.74) is 3.05. The summed E-state index contributed by atoms with van der Waals surface area (Å²) in [6.07, 6.45) is 0. The van der Waals surface area contributed by atoms with Gasteiger partial charge < -0.3 is 9.73 Å². The summed E-state index contributed by atoms with van der Waals surface area (Å²) in [7, 11) is 0. The van der Waals surface area contributed by atoms with Crippen LogP contribution >= 0.6 is 11.8 Å². The Balaban J connectivity index is 1.64. The number of aryl methyl sites for hydroxylation is 1. The van der Waals surface area contributed by atoms with Crippen molar-refractivity contribution in [3.63, 3.8) is 0 Å². The van der Waals surface area contributed by atoms with Crippen LogP contribution < -0.4 is 5.32 Å². The molecule has 6 nitrogen and oxygen atoms in total. The summed E-state index contributed by atoms with van der Waals surface area (Å²) < 4.78 is 5.63. The number of amides is 1. The van der Waals surface area contributed by atoms with Crippen LogP contribution in [-0.4, -0.2) is 21.4 Å². The maximum absolute atomic E-state index is 12.3. The highest BCUT2D eigenvalue weighted by Crippen LogP contribution is 2.27. The smallest absolute Gasteiger partial charge is 0.277 e. The van der Waals surface area contributed by atoms with E-state index in [9.17, 15) is 4.79 Å². The molecule has 1 aromatic heterocycles. The van der Waals surface area contributed by atoms with Crippen molar-refractivity contribution < 1.29 is 9.21 Å². The number of nitriles is 1. The number of thioether (sulfide) groups is 1. The number of hydrogen-bond donors (Lipinski definition) is 1. The number of aromatic nitrogens is 2. The summed E-state index contributed by atoms with van der Waals surface area (Å²) in [4.78, 5) is 12.3. The van der Waals surface area contributed by atoms with Crippen molar-refractivity contribution in [2.75, 3.05) is 5.32 Å². The number of carbonyl (C=O) groups is 1. The van der Waals surface area contributed by atoms with Gasteiger partial charge in [0.05, 0.1) is 16.9 Å². The molecule has 0 saturated carbocycles. The van der Waals surface area contributed by atoms with E-state index in [0.717, 1.165) is 11.1 Å². The monoisotopic (exact) mass is 364 g/mol. The van der Waals surface area contributed by atoms with Gasteiger partial charge in [-0.05, 0) is 44.2 Å². The van der Waals surface area contributed by atoms with Crippen LogP contribution in [0.15, 0.2) is 58.2 Å². The minimum absolute atomic E-state index is 0.208. The predicted octanol–water partition coefficient (Wildman–Crippen LogP) is 4.04. The van der Waals surface area contributed by atoms with Gasteiger partial charge in [-0.3, -0.25) is 4.79 Å². The highest BCUT2D eigenvalue weighted by atomic mass is 32.2. The third-order valence-corrected chi connectivity index (χ3v) is 4.55. The van der Waals surface area contributed by atoms with Gasteiger partial charge in [0, 0.05) is 11.3 Å². The molecule has 3 rings (SSSR count). The molecule has 1 N–H and O–H groups in total. The molecule has 1 atom stereocenters. The van der Waals surface area contributed by atoms with Crippen molar-refractivity contribution in [2.24, 2.45) is 0 Å². The van der Waals surface area contributed by atoms with Crippen molar-refractivity contribution in [1.82, 2.24) is 10.2 Å². The zero-order valence-corrected chi connectivity index (χ0v) is 15.1. The van der Waals surface area contributed by atoms with Crippen LogP contribution in [0.4, 0.5) is 5.69 Å². The Morgan fingerprint density at radius 1 is 1.23 bits per heavy atom. The Kier molecular flexibility index (Phi) is 5.34. The van der Waals surface area contributed by atoms with Gasteiger partial charge in [0.1, 0.15) is 0 Å². The van der Waals surface area contributed by atoms with Gasteiger partial charge in [0.15, 0.2) is 0 Å². The molecule has 7 heteroatoms. The lowest BCUT2D eigenvalue weighted by Crippen LogP contribution is -2.22. The minimum atomic E-state index is -0.438. The number of nitrogens with zero attached hydrogens (tertiary/aromatic N) is 3. The maximum Gasteiger partial charge on any atom is 0.277 e. The first-order chi connectivity index (χ1) is 12.5. The molecular formula is C19H16N4O2S. The molecule has 0 radical (unpaired) electrons. The third kappa shape index (κ3) is 4.29. The quantitative estimate of drug-likeness (QED) is 0.687. The molecule has 0 unspecified atom stereocenters. The maximum atomic E-state index is 12.3. The second-order valence-corrected chi connectivity index (χ2v) is 6.97. The number of hydrogen-bond acceptors (Lipinski definition) is 6. The fraction of sp³-hybridized carbons (Fsp3) is 0.158. The molecule has 1 amide bonds. The van der Waals surface area contributed by atoms with E-state index >= 15 is 0 Å². The normalized spacial score (nSPS) is 11.6. The molecule has 130 valence electrons. The largest absolute Gasteiger partial charge is 0.411 e. The summed E-state index contributed by atoms with van der Waals surface area (Å²) >= 11 is 1.18. The van der Waals surface area contributed by atoms with Crippen LogP contribution in [0.1, 0.15) is 18.1 Å². The second-order valence-electron chi connectivity index (χ2n) is 5.68. The Morgan fingerprint density at radius 2 is 2.00 bits per heavy atom. The van der Waals surface area contributed by atoms with Crippen LogP contribution in [0.5, 0.6) is 0 Å².